The third-order valence-electron chi connectivity index (χ3n) is 4.42. The van der Waals surface area contributed by atoms with Crippen LogP contribution in [0.3, 0.4) is 0 Å². The molecule has 2 aromatic carbocycles. The maximum Gasteiger partial charge on any atom is 0.138 e. The van der Waals surface area contributed by atoms with E-state index in [1.807, 2.05) is 36.4 Å². The number of H-pyrrole nitrogens is 1. The van der Waals surface area contributed by atoms with Crippen molar-refractivity contribution in [3.8, 4) is 16.5 Å². The van der Waals surface area contributed by atoms with Crippen molar-refractivity contribution in [3.05, 3.63) is 71.4 Å². The summed E-state index contributed by atoms with van der Waals surface area (Å²) in [7, 11) is 1.68. The number of fused-ring (bicyclic) bond motifs is 3. The van der Waals surface area contributed by atoms with Gasteiger partial charge in [0.15, 0.2) is 0 Å². The van der Waals surface area contributed by atoms with Gasteiger partial charge in [-0.15, -0.1) is 0 Å². The number of pyridine rings is 1. The predicted molar refractivity (Wildman–Crippen MR) is 111 cm³/mol. The molecule has 0 aliphatic rings. The van der Waals surface area contributed by atoms with Crippen LogP contribution in [0.5, 0.6) is 5.75 Å². The Morgan fingerprint density at radius 1 is 1.11 bits per heavy atom. The standard InChI is InChI=1S/C22H17BrN2O2/c1-26-14-19-16(9-10-23)12-24-22-21(19)18-11-17(7-8-20(18)25-22)27-13-15-5-3-2-4-6-15/h2-8,11-12H,13-14H2,1H3,(H,24,25). The third-order valence-corrected chi connectivity index (χ3v) is 4.62. The summed E-state index contributed by atoms with van der Waals surface area (Å²) in [6, 6.07) is 16.2. The van der Waals surface area contributed by atoms with Crippen LogP contribution in [0.25, 0.3) is 21.9 Å². The SMILES string of the molecule is COCc1c(C#CBr)cnc2[nH]c3ccc(OCc4ccccc4)cc3c12. The van der Waals surface area contributed by atoms with Crippen LogP contribution in [-0.4, -0.2) is 17.1 Å². The molecule has 4 nitrogen and oxygen atoms in total. The number of methoxy groups -OCH3 is 1. The number of halogens is 1. The summed E-state index contributed by atoms with van der Waals surface area (Å²) < 4.78 is 11.4. The van der Waals surface area contributed by atoms with E-state index in [4.69, 9.17) is 9.47 Å². The molecule has 0 atom stereocenters. The number of nitrogens with zero attached hydrogens (tertiary/aromatic N) is 1. The van der Waals surface area contributed by atoms with Gasteiger partial charge < -0.3 is 14.5 Å². The van der Waals surface area contributed by atoms with Gasteiger partial charge in [-0.25, -0.2) is 4.98 Å². The van der Waals surface area contributed by atoms with Crippen molar-refractivity contribution in [2.24, 2.45) is 0 Å². The molecule has 4 rings (SSSR count). The van der Waals surface area contributed by atoms with Gasteiger partial charge in [-0.2, -0.15) is 0 Å². The van der Waals surface area contributed by atoms with E-state index in [2.05, 4.69) is 48.8 Å². The second-order valence-electron chi connectivity index (χ2n) is 6.13. The van der Waals surface area contributed by atoms with Gasteiger partial charge in [-0.1, -0.05) is 36.3 Å². The van der Waals surface area contributed by atoms with Crippen LogP contribution in [0.1, 0.15) is 16.7 Å². The van der Waals surface area contributed by atoms with Crippen molar-refractivity contribution in [3.63, 3.8) is 0 Å². The molecule has 1 N–H and O–H groups in total. The highest BCUT2D eigenvalue weighted by Crippen LogP contribution is 2.32. The molecule has 0 unspecified atom stereocenters. The number of rotatable bonds is 5. The Morgan fingerprint density at radius 2 is 1.96 bits per heavy atom. The van der Waals surface area contributed by atoms with Crippen molar-refractivity contribution >= 4 is 37.9 Å². The van der Waals surface area contributed by atoms with Crippen LogP contribution in [0.15, 0.2) is 54.7 Å². The first-order valence-corrected chi connectivity index (χ1v) is 9.30. The number of aromatic nitrogens is 2. The van der Waals surface area contributed by atoms with Gasteiger partial charge in [-0.3, -0.25) is 0 Å². The van der Waals surface area contributed by atoms with Crippen LogP contribution in [0.2, 0.25) is 0 Å². The first-order valence-electron chi connectivity index (χ1n) is 8.51. The topological polar surface area (TPSA) is 47.1 Å². The summed E-state index contributed by atoms with van der Waals surface area (Å²) in [5, 5.41) is 2.07. The van der Waals surface area contributed by atoms with Crippen molar-refractivity contribution in [1.82, 2.24) is 9.97 Å². The Bertz CT molecular complexity index is 1160. The van der Waals surface area contributed by atoms with Gasteiger partial charge in [0.25, 0.3) is 0 Å². The van der Waals surface area contributed by atoms with Gasteiger partial charge in [0.05, 0.1) is 12.2 Å². The third kappa shape index (κ3) is 3.55. The highest BCUT2D eigenvalue weighted by Gasteiger charge is 2.14. The molecule has 5 heteroatoms. The Labute approximate surface area is 165 Å². The lowest BCUT2D eigenvalue weighted by Crippen LogP contribution is -1.96. The molecule has 2 heterocycles. The van der Waals surface area contributed by atoms with Crippen molar-refractivity contribution in [2.75, 3.05) is 7.11 Å². The molecule has 0 amide bonds. The van der Waals surface area contributed by atoms with E-state index in [1.54, 1.807) is 13.3 Å². The number of hydrogen-bond donors (Lipinski definition) is 1. The van der Waals surface area contributed by atoms with Gasteiger partial charge >= 0.3 is 0 Å². The first-order chi connectivity index (χ1) is 13.3. The summed E-state index contributed by atoms with van der Waals surface area (Å²) in [5.74, 6) is 3.86. The second-order valence-corrected chi connectivity index (χ2v) is 6.53. The van der Waals surface area contributed by atoms with Crippen LogP contribution in [-0.2, 0) is 18.0 Å². The monoisotopic (exact) mass is 420 g/mol. The molecule has 0 saturated carbocycles. The average molecular weight is 421 g/mol. The van der Waals surface area contributed by atoms with E-state index in [-0.39, 0.29) is 0 Å². The highest BCUT2D eigenvalue weighted by molar-refractivity contribution is 9.12. The molecular formula is C22H17BrN2O2. The summed E-state index contributed by atoms with van der Waals surface area (Å²) in [6.07, 6.45) is 1.77. The molecular weight excluding hydrogens is 404 g/mol. The van der Waals surface area contributed by atoms with E-state index < -0.39 is 0 Å². The Morgan fingerprint density at radius 3 is 2.74 bits per heavy atom. The normalized spacial score (nSPS) is 10.7. The van der Waals surface area contributed by atoms with Crippen LogP contribution in [0.4, 0.5) is 0 Å². The minimum atomic E-state index is 0.456. The van der Waals surface area contributed by atoms with Crippen molar-refractivity contribution in [2.45, 2.75) is 13.2 Å². The maximum absolute atomic E-state index is 6.00. The lowest BCUT2D eigenvalue weighted by molar-refractivity contribution is 0.186. The number of hydrogen-bond acceptors (Lipinski definition) is 3. The molecule has 0 aliphatic heterocycles. The van der Waals surface area contributed by atoms with Gasteiger partial charge in [0, 0.05) is 51.1 Å². The van der Waals surface area contributed by atoms with E-state index in [0.29, 0.717) is 13.2 Å². The number of benzene rings is 2. The van der Waals surface area contributed by atoms with Crippen molar-refractivity contribution in [1.29, 1.82) is 0 Å². The van der Waals surface area contributed by atoms with E-state index in [9.17, 15) is 0 Å². The van der Waals surface area contributed by atoms with Crippen LogP contribution >= 0.6 is 15.9 Å². The molecule has 0 spiro atoms. The van der Waals surface area contributed by atoms with Crippen molar-refractivity contribution < 1.29 is 9.47 Å². The Hall–Kier alpha value is -2.81. The van der Waals surface area contributed by atoms with Gasteiger partial charge in [0.2, 0.25) is 0 Å². The van der Waals surface area contributed by atoms with E-state index in [0.717, 1.165) is 44.4 Å². The smallest absolute Gasteiger partial charge is 0.138 e. The maximum atomic E-state index is 6.00. The highest BCUT2D eigenvalue weighted by atomic mass is 79.9. The minimum Gasteiger partial charge on any atom is -0.489 e. The van der Waals surface area contributed by atoms with Crippen LogP contribution < -0.4 is 4.74 Å². The van der Waals surface area contributed by atoms with Gasteiger partial charge in [0.1, 0.15) is 18.0 Å². The molecule has 0 fully saturated rings. The predicted octanol–water partition coefficient (Wildman–Crippen LogP) is 5.15. The lowest BCUT2D eigenvalue weighted by atomic mass is 10.0. The second kappa shape index (κ2) is 7.83. The molecule has 2 aromatic heterocycles. The summed E-state index contributed by atoms with van der Waals surface area (Å²) in [6.45, 7) is 0.982. The molecule has 0 bridgehead atoms. The lowest BCUT2D eigenvalue weighted by Gasteiger charge is -2.08. The van der Waals surface area contributed by atoms with E-state index in [1.165, 1.54) is 0 Å². The zero-order valence-electron chi connectivity index (χ0n) is 14.8. The first kappa shape index (κ1) is 17.6. The summed E-state index contributed by atoms with van der Waals surface area (Å²) >= 11 is 3.17. The molecule has 27 heavy (non-hydrogen) atoms. The van der Waals surface area contributed by atoms with Crippen LogP contribution in [0, 0.1) is 10.8 Å². The fourth-order valence-corrected chi connectivity index (χ4v) is 3.40. The number of aromatic amines is 1. The number of nitrogens with one attached hydrogen (secondary N) is 1. The Kier molecular flexibility index (Phi) is 5.10. The average Bonchev–Trinajstić information content (AvgIpc) is 3.07. The molecule has 4 aromatic rings. The summed E-state index contributed by atoms with van der Waals surface area (Å²) in [4.78, 5) is 10.7. The molecule has 134 valence electrons. The Balaban J connectivity index is 1.79. The molecule has 0 radical (unpaired) electrons. The zero-order valence-corrected chi connectivity index (χ0v) is 16.3. The van der Waals surface area contributed by atoms with E-state index >= 15 is 0 Å². The minimum absolute atomic E-state index is 0.456. The molecule has 0 saturated heterocycles. The quantitative estimate of drug-likeness (QED) is 0.454. The fourth-order valence-electron chi connectivity index (χ4n) is 3.18. The molecule has 0 aliphatic carbocycles. The number of ether oxygens (including phenoxy) is 2. The summed E-state index contributed by atoms with van der Waals surface area (Å²) in [5.41, 5.74) is 4.81. The van der Waals surface area contributed by atoms with Gasteiger partial charge in [-0.05, 0) is 28.6 Å². The zero-order chi connectivity index (χ0) is 18.6. The largest absolute Gasteiger partial charge is 0.489 e. The fraction of sp³-hybridized carbons (Fsp3) is 0.136.